The van der Waals surface area contributed by atoms with Gasteiger partial charge in [0.05, 0.1) is 10.8 Å². The Bertz CT molecular complexity index is 7930. The number of fused-ring (bicyclic) bond motifs is 20. The molecular formula is C106H62N2O5. The summed E-state index contributed by atoms with van der Waals surface area (Å²) in [5, 5.41) is 18.9. The second-order valence-electron chi connectivity index (χ2n) is 29.8. The first-order valence-corrected chi connectivity index (χ1v) is 38.4. The number of hydrogen-bond acceptors (Lipinski definition) is 7. The quantitative estimate of drug-likeness (QED) is 0.128. The fourth-order valence-electron chi connectivity index (χ4n) is 17.8. The summed E-state index contributed by atoms with van der Waals surface area (Å²) in [6, 6.07) is 135. The number of anilines is 6. The largest absolute Gasteiger partial charge is 0.456 e. The number of benzene rings is 19. The van der Waals surface area contributed by atoms with Gasteiger partial charge in [0.25, 0.3) is 0 Å². The monoisotopic (exact) mass is 1440 g/mol. The molecule has 24 rings (SSSR count). The Balaban J connectivity index is 0.668. The third kappa shape index (κ3) is 10.1. The van der Waals surface area contributed by atoms with Gasteiger partial charge in [0.15, 0.2) is 5.58 Å². The van der Waals surface area contributed by atoms with Gasteiger partial charge < -0.3 is 31.9 Å². The highest BCUT2D eigenvalue weighted by Gasteiger charge is 2.29. The molecule has 0 unspecified atom stereocenters. The van der Waals surface area contributed by atoms with Crippen molar-refractivity contribution in [3.8, 4) is 55.6 Å². The standard InChI is InChI=1S/C106H62N2O5/c1-3-17-63(18-4-1)65-33-42-79(43-34-65)107(80-44-35-66(36-45-80)64-19-5-2-6-20-64)83-50-41-76-60-98-93(56-78(76)52-83)101-104(112-98)87(61-90-88-53-70-21-7-10-24-73(70)57-95(88)111-105(90)101)77-28-15-27-69(51-77)67-37-46-81(47-38-67)108(82-48-39-68(40-49-82)84-30-16-31-86-85-29-13-14-32-94(85)110-103(84)86)102-100-92-55-72-23-9-12-26-75(72)59-97(92)109-99(100)62-91-89-54-71-22-8-11-25-74(71)58-96(89)113-106(91)102/h1-62H. The van der Waals surface area contributed by atoms with Crippen molar-refractivity contribution >= 4 is 187 Å². The van der Waals surface area contributed by atoms with E-state index in [-0.39, 0.29) is 0 Å². The molecule has 0 saturated heterocycles. The van der Waals surface area contributed by atoms with Gasteiger partial charge in [-0.3, -0.25) is 0 Å². The van der Waals surface area contributed by atoms with Gasteiger partial charge in [-0.25, -0.2) is 0 Å². The van der Waals surface area contributed by atoms with E-state index in [9.17, 15) is 0 Å². The summed E-state index contributed by atoms with van der Waals surface area (Å²) in [5.41, 5.74) is 24.7. The molecule has 0 radical (unpaired) electrons. The molecule has 0 aliphatic rings. The lowest BCUT2D eigenvalue weighted by Crippen LogP contribution is -2.10. The van der Waals surface area contributed by atoms with Crippen LogP contribution in [0.2, 0.25) is 0 Å². The van der Waals surface area contributed by atoms with Crippen LogP contribution in [0.25, 0.3) is 208 Å². The first-order chi connectivity index (χ1) is 55.9. The topological polar surface area (TPSA) is 72.2 Å². The zero-order valence-corrected chi connectivity index (χ0v) is 60.7. The van der Waals surface area contributed by atoms with E-state index in [0.717, 1.165) is 231 Å². The molecular weight excluding hydrogens is 1380 g/mol. The van der Waals surface area contributed by atoms with Crippen molar-refractivity contribution in [3.63, 3.8) is 0 Å². The minimum Gasteiger partial charge on any atom is -0.456 e. The Hall–Kier alpha value is -15.2. The zero-order valence-electron chi connectivity index (χ0n) is 60.7. The van der Waals surface area contributed by atoms with Crippen LogP contribution in [0.4, 0.5) is 34.1 Å². The van der Waals surface area contributed by atoms with E-state index < -0.39 is 0 Å². The molecule has 7 nitrogen and oxygen atoms in total. The first kappa shape index (κ1) is 62.8. The van der Waals surface area contributed by atoms with Crippen LogP contribution in [0.1, 0.15) is 0 Å². The normalized spacial score (nSPS) is 12.1. The van der Waals surface area contributed by atoms with Crippen LogP contribution >= 0.6 is 0 Å². The van der Waals surface area contributed by atoms with Crippen molar-refractivity contribution in [1.82, 2.24) is 0 Å². The fraction of sp³-hybridized carbons (Fsp3) is 0. The summed E-state index contributed by atoms with van der Waals surface area (Å²) in [4.78, 5) is 4.72. The maximum atomic E-state index is 7.34. The van der Waals surface area contributed by atoms with Crippen LogP contribution in [0.15, 0.2) is 398 Å². The lowest BCUT2D eigenvalue weighted by atomic mass is 9.95. The summed E-state index contributed by atoms with van der Waals surface area (Å²) in [7, 11) is 0. The Morgan fingerprint density at radius 3 is 1.18 bits per heavy atom. The van der Waals surface area contributed by atoms with Gasteiger partial charge in [-0.15, -0.1) is 0 Å². The van der Waals surface area contributed by atoms with Gasteiger partial charge >= 0.3 is 0 Å². The van der Waals surface area contributed by atoms with Crippen LogP contribution in [-0.2, 0) is 0 Å². The van der Waals surface area contributed by atoms with E-state index in [1.807, 2.05) is 12.1 Å². The molecule has 0 bridgehead atoms. The number of nitrogens with zero attached hydrogens (tertiary/aromatic N) is 2. The Morgan fingerprint density at radius 1 is 0.159 bits per heavy atom. The van der Waals surface area contributed by atoms with Crippen molar-refractivity contribution in [2.24, 2.45) is 0 Å². The highest BCUT2D eigenvalue weighted by molar-refractivity contribution is 6.29. The fourth-order valence-corrected chi connectivity index (χ4v) is 17.8. The van der Waals surface area contributed by atoms with E-state index in [1.54, 1.807) is 0 Å². The number of hydrogen-bond donors (Lipinski definition) is 0. The molecule has 5 heterocycles. The van der Waals surface area contributed by atoms with Gasteiger partial charge in [-0.2, -0.15) is 0 Å². The average Bonchev–Trinajstić information content (AvgIpc) is 1.56. The van der Waals surface area contributed by atoms with E-state index in [2.05, 4.69) is 374 Å². The van der Waals surface area contributed by atoms with Gasteiger partial charge in [0.2, 0.25) is 0 Å². The maximum absolute atomic E-state index is 7.34. The molecule has 5 aromatic heterocycles. The summed E-state index contributed by atoms with van der Waals surface area (Å²) in [6.07, 6.45) is 0. The van der Waals surface area contributed by atoms with Crippen LogP contribution in [-0.4, -0.2) is 0 Å². The predicted molar refractivity (Wildman–Crippen MR) is 469 cm³/mol. The molecule has 19 aromatic carbocycles. The molecule has 0 saturated carbocycles. The lowest BCUT2D eigenvalue weighted by molar-refractivity contribution is 0.664. The van der Waals surface area contributed by atoms with Gasteiger partial charge in [-0.05, 0) is 221 Å². The smallest absolute Gasteiger partial charge is 0.160 e. The average molecular weight is 1440 g/mol. The van der Waals surface area contributed by atoms with E-state index >= 15 is 0 Å². The molecule has 7 heteroatoms. The van der Waals surface area contributed by atoms with E-state index in [4.69, 9.17) is 22.1 Å². The Kier molecular flexibility index (Phi) is 13.7. The van der Waals surface area contributed by atoms with Crippen LogP contribution in [0.5, 0.6) is 0 Å². The van der Waals surface area contributed by atoms with Gasteiger partial charge in [0.1, 0.15) is 55.9 Å². The van der Waals surface area contributed by atoms with Crippen molar-refractivity contribution in [3.05, 3.63) is 376 Å². The summed E-state index contributed by atoms with van der Waals surface area (Å²) in [6.45, 7) is 0. The molecule has 0 aliphatic heterocycles. The molecule has 0 N–H and O–H groups in total. The first-order valence-electron chi connectivity index (χ1n) is 38.4. The second kappa shape index (κ2) is 24.7. The summed E-state index contributed by atoms with van der Waals surface area (Å²) >= 11 is 0. The molecule has 0 amide bonds. The SMILES string of the molecule is c1ccc(-c2ccc(N(c3ccc(-c4ccccc4)cc3)c3ccc4cc5oc6c(-c7cccc(-c8ccc(N(c9ccc(-c%10cccc%11c%10oc%10ccccc%10%11)cc9)c9c%10oc%11cc%12ccccc%12cc%11c%10cc%10oc%11cc%12ccccc%12cc%11c9%10)cc8)c7)cc7c8cc9ccccc9cc8oc7c6c5cc4c3)cc2)cc1. The molecule has 113 heavy (non-hydrogen) atoms. The lowest BCUT2D eigenvalue weighted by Gasteiger charge is -2.27. The van der Waals surface area contributed by atoms with Crippen molar-refractivity contribution in [1.29, 1.82) is 0 Å². The van der Waals surface area contributed by atoms with Crippen molar-refractivity contribution in [2.75, 3.05) is 9.80 Å². The van der Waals surface area contributed by atoms with Crippen molar-refractivity contribution in [2.45, 2.75) is 0 Å². The Labute approximate surface area is 646 Å². The van der Waals surface area contributed by atoms with Crippen LogP contribution < -0.4 is 9.80 Å². The Morgan fingerprint density at radius 2 is 0.566 bits per heavy atom. The summed E-state index contributed by atoms with van der Waals surface area (Å²) < 4.78 is 35.6. The second-order valence-corrected chi connectivity index (χ2v) is 29.8. The predicted octanol–water partition coefficient (Wildman–Crippen LogP) is 31.1. The molecule has 0 fully saturated rings. The van der Waals surface area contributed by atoms with E-state index in [0.29, 0.717) is 0 Å². The molecule has 526 valence electrons. The zero-order chi connectivity index (χ0) is 73.9. The van der Waals surface area contributed by atoms with Gasteiger partial charge in [0, 0.05) is 82.7 Å². The third-order valence-corrected chi connectivity index (χ3v) is 23.3. The third-order valence-electron chi connectivity index (χ3n) is 23.3. The minimum atomic E-state index is 0.755. The molecule has 24 aromatic rings. The van der Waals surface area contributed by atoms with Crippen molar-refractivity contribution < 1.29 is 22.1 Å². The minimum absolute atomic E-state index is 0.755. The maximum Gasteiger partial charge on any atom is 0.160 e. The van der Waals surface area contributed by atoms with Crippen LogP contribution in [0, 0.1) is 0 Å². The number of rotatable bonds is 11. The number of furan rings is 5. The molecule has 0 atom stereocenters. The van der Waals surface area contributed by atoms with Gasteiger partial charge in [-0.1, -0.05) is 243 Å². The van der Waals surface area contributed by atoms with E-state index in [1.165, 1.54) is 11.1 Å². The number of para-hydroxylation sites is 2. The highest BCUT2D eigenvalue weighted by Crippen LogP contribution is 2.53. The molecule has 0 aliphatic carbocycles. The summed E-state index contributed by atoms with van der Waals surface area (Å²) in [5.74, 6) is 0. The van der Waals surface area contributed by atoms with Crippen LogP contribution in [0.3, 0.4) is 0 Å². The molecule has 0 spiro atoms. The highest BCUT2D eigenvalue weighted by atomic mass is 16.4.